The van der Waals surface area contributed by atoms with Crippen molar-refractivity contribution in [1.82, 2.24) is 0 Å². The Labute approximate surface area is 163 Å². The number of rotatable bonds is 4. The second kappa shape index (κ2) is 8.13. The molecule has 1 heterocycles. The van der Waals surface area contributed by atoms with Crippen LogP contribution in [0.1, 0.15) is 11.9 Å². The average molecular weight is 457 g/mol. The third-order valence-corrected chi connectivity index (χ3v) is 4.98. The lowest BCUT2D eigenvalue weighted by molar-refractivity contribution is -0.665. The molecule has 2 aromatic carbocycles. The zero-order valence-electron chi connectivity index (χ0n) is 13.0. The molecular formula is C18H18ClIN2S. The van der Waals surface area contributed by atoms with Crippen molar-refractivity contribution in [3.8, 4) is 0 Å². The summed E-state index contributed by atoms with van der Waals surface area (Å²) in [4.78, 5) is 2.12. The molecule has 3 rings (SSSR count). The predicted octanol–water partition coefficient (Wildman–Crippen LogP) is 1.97. The van der Waals surface area contributed by atoms with E-state index in [1.165, 1.54) is 20.9 Å². The molecule has 0 radical (unpaired) electrons. The number of anilines is 1. The van der Waals surface area contributed by atoms with E-state index in [4.69, 9.17) is 11.6 Å². The summed E-state index contributed by atoms with van der Waals surface area (Å²) >= 11 is 7.91. The number of aromatic nitrogens is 1. The highest BCUT2D eigenvalue weighted by Crippen LogP contribution is 2.24. The minimum atomic E-state index is 0. The molecule has 0 amide bonds. The van der Waals surface area contributed by atoms with Gasteiger partial charge in [0.2, 0.25) is 5.52 Å². The lowest BCUT2D eigenvalue weighted by Gasteiger charge is -2.12. The third kappa shape index (κ3) is 4.05. The van der Waals surface area contributed by atoms with Crippen molar-refractivity contribution in [3.63, 3.8) is 0 Å². The lowest BCUT2D eigenvalue weighted by atomic mass is 10.3. The third-order valence-electron chi connectivity index (χ3n) is 3.61. The van der Waals surface area contributed by atoms with Crippen LogP contribution in [0.4, 0.5) is 5.69 Å². The number of nitrogens with zero attached hydrogens (tertiary/aromatic N) is 2. The van der Waals surface area contributed by atoms with Crippen LogP contribution in [0.2, 0.25) is 5.02 Å². The van der Waals surface area contributed by atoms with Gasteiger partial charge in [-0.1, -0.05) is 41.1 Å². The van der Waals surface area contributed by atoms with Gasteiger partial charge < -0.3 is 28.9 Å². The van der Waals surface area contributed by atoms with Crippen LogP contribution < -0.4 is 33.4 Å². The second-order valence-electron chi connectivity index (χ2n) is 5.06. The molecule has 0 atom stereocenters. The molecule has 23 heavy (non-hydrogen) atoms. The predicted molar refractivity (Wildman–Crippen MR) is 96.6 cm³/mol. The summed E-state index contributed by atoms with van der Waals surface area (Å²) < 4.78 is 3.55. The zero-order chi connectivity index (χ0) is 15.5. The van der Waals surface area contributed by atoms with E-state index >= 15 is 0 Å². The summed E-state index contributed by atoms with van der Waals surface area (Å²) in [6.45, 7) is 3.08. The maximum absolute atomic E-state index is 6.13. The van der Waals surface area contributed by atoms with Crippen LogP contribution in [0, 0.1) is 0 Å². The first-order chi connectivity index (χ1) is 10.7. The van der Waals surface area contributed by atoms with Gasteiger partial charge >= 0.3 is 0 Å². The van der Waals surface area contributed by atoms with Crippen molar-refractivity contribution in [2.24, 2.45) is 0 Å². The standard InChI is InChI=1S/C18H18ClN2S.HI/c1-3-21-16-13-14(19)9-10-17(16)22-18(21)11-12-20(2)15-7-5-4-6-8-15;/h4-13H,3H2,1-2H3;1H/q+1;/p-1. The number of benzene rings is 2. The van der Waals surface area contributed by atoms with Gasteiger partial charge in [0.05, 0.1) is 0 Å². The van der Waals surface area contributed by atoms with Gasteiger partial charge in [-0.05, 0) is 31.2 Å². The van der Waals surface area contributed by atoms with Gasteiger partial charge in [0.15, 0.2) is 0 Å². The molecular weight excluding hydrogens is 439 g/mol. The summed E-state index contributed by atoms with van der Waals surface area (Å²) in [5.41, 5.74) is 2.37. The van der Waals surface area contributed by atoms with Gasteiger partial charge in [0.25, 0.3) is 5.01 Å². The molecule has 3 aromatic rings. The summed E-state index contributed by atoms with van der Waals surface area (Å²) in [5, 5.41) is 2.01. The Bertz CT molecular complexity index is 815. The van der Waals surface area contributed by atoms with Crippen LogP contribution >= 0.6 is 22.9 Å². The van der Waals surface area contributed by atoms with E-state index in [0.29, 0.717) is 0 Å². The topological polar surface area (TPSA) is 7.12 Å². The molecule has 5 heteroatoms. The van der Waals surface area contributed by atoms with E-state index in [2.05, 4.69) is 53.9 Å². The molecule has 0 bridgehead atoms. The van der Waals surface area contributed by atoms with Crippen molar-refractivity contribution < 1.29 is 28.5 Å². The zero-order valence-corrected chi connectivity index (χ0v) is 16.8. The highest BCUT2D eigenvalue weighted by molar-refractivity contribution is 7.18. The fraction of sp³-hybridized carbons (Fsp3) is 0.167. The highest BCUT2D eigenvalue weighted by atomic mass is 127. The molecule has 0 aliphatic rings. The van der Waals surface area contributed by atoms with Gasteiger partial charge in [-0.2, -0.15) is 4.57 Å². The first-order valence-corrected chi connectivity index (χ1v) is 8.46. The number of aryl methyl sites for hydroxylation is 1. The normalized spacial score (nSPS) is 10.9. The Morgan fingerprint density at radius 2 is 1.91 bits per heavy atom. The first-order valence-electron chi connectivity index (χ1n) is 7.27. The lowest BCUT2D eigenvalue weighted by Crippen LogP contribution is -3.00. The van der Waals surface area contributed by atoms with Crippen LogP contribution in [0.15, 0.2) is 54.7 Å². The van der Waals surface area contributed by atoms with E-state index in [0.717, 1.165) is 11.6 Å². The molecule has 0 spiro atoms. The molecule has 0 unspecified atom stereocenters. The molecule has 0 fully saturated rings. The summed E-state index contributed by atoms with van der Waals surface area (Å²) in [5.74, 6) is 0. The average Bonchev–Trinajstić information content (AvgIpc) is 2.90. The molecule has 0 aliphatic heterocycles. The van der Waals surface area contributed by atoms with Gasteiger partial charge in [0, 0.05) is 36.1 Å². The van der Waals surface area contributed by atoms with Crippen LogP contribution in [0.3, 0.4) is 0 Å². The first kappa shape index (κ1) is 18.2. The van der Waals surface area contributed by atoms with Gasteiger partial charge in [0.1, 0.15) is 11.2 Å². The number of thiazole rings is 1. The Morgan fingerprint density at radius 3 is 2.61 bits per heavy atom. The van der Waals surface area contributed by atoms with Crippen LogP contribution in [0.25, 0.3) is 16.3 Å². The van der Waals surface area contributed by atoms with E-state index in [9.17, 15) is 0 Å². The Balaban J connectivity index is 0.00000192. The molecule has 0 aliphatic carbocycles. The van der Waals surface area contributed by atoms with E-state index in [1.807, 2.05) is 30.3 Å². The summed E-state index contributed by atoms with van der Waals surface area (Å²) in [6.07, 6.45) is 4.27. The van der Waals surface area contributed by atoms with Crippen molar-refractivity contribution in [2.75, 3.05) is 11.9 Å². The fourth-order valence-electron chi connectivity index (χ4n) is 2.45. The van der Waals surface area contributed by atoms with Crippen molar-refractivity contribution in [3.05, 3.63) is 64.8 Å². The van der Waals surface area contributed by atoms with Gasteiger partial charge in [-0.3, -0.25) is 0 Å². The maximum Gasteiger partial charge on any atom is 0.264 e. The van der Waals surface area contributed by atoms with Crippen LogP contribution in [-0.2, 0) is 6.54 Å². The number of hydrogen-bond acceptors (Lipinski definition) is 2. The van der Waals surface area contributed by atoms with Crippen LogP contribution in [0.5, 0.6) is 0 Å². The largest absolute Gasteiger partial charge is 1.00 e. The quantitative estimate of drug-likeness (QED) is 0.430. The van der Waals surface area contributed by atoms with E-state index < -0.39 is 0 Å². The smallest absolute Gasteiger partial charge is 0.264 e. The monoisotopic (exact) mass is 456 g/mol. The Hall–Kier alpha value is -1.11. The number of halogens is 2. The second-order valence-corrected chi connectivity index (χ2v) is 6.56. The van der Waals surface area contributed by atoms with Gasteiger partial charge in [-0.25, -0.2) is 0 Å². The minimum Gasteiger partial charge on any atom is -1.00 e. The van der Waals surface area contributed by atoms with E-state index in [-0.39, 0.29) is 24.0 Å². The molecule has 0 N–H and O–H groups in total. The molecule has 120 valence electrons. The van der Waals surface area contributed by atoms with E-state index in [1.54, 1.807) is 11.3 Å². The van der Waals surface area contributed by atoms with Crippen molar-refractivity contribution in [2.45, 2.75) is 13.5 Å². The highest BCUT2D eigenvalue weighted by Gasteiger charge is 2.17. The molecule has 0 saturated carbocycles. The van der Waals surface area contributed by atoms with Crippen molar-refractivity contribution in [1.29, 1.82) is 0 Å². The molecule has 0 saturated heterocycles. The summed E-state index contributed by atoms with van der Waals surface area (Å²) in [6, 6.07) is 16.4. The SMILES string of the molecule is CC[n+]1c(/C=C/N(C)c2ccccc2)sc2ccc(Cl)cc21.[I-]. The molecule has 1 aromatic heterocycles. The Kier molecular flexibility index (Phi) is 6.44. The number of para-hydroxylation sites is 1. The Morgan fingerprint density at radius 1 is 1.17 bits per heavy atom. The number of fused-ring (bicyclic) bond motifs is 1. The van der Waals surface area contributed by atoms with Gasteiger partial charge in [-0.15, -0.1) is 0 Å². The van der Waals surface area contributed by atoms with Crippen molar-refractivity contribution >= 4 is 44.9 Å². The van der Waals surface area contributed by atoms with Crippen LogP contribution in [-0.4, -0.2) is 7.05 Å². The summed E-state index contributed by atoms with van der Waals surface area (Å²) in [7, 11) is 2.06. The minimum absolute atomic E-state index is 0. The maximum atomic E-state index is 6.13. The molecule has 2 nitrogen and oxygen atoms in total. The number of hydrogen-bond donors (Lipinski definition) is 0. The fourth-order valence-corrected chi connectivity index (χ4v) is 3.72.